The smallest absolute Gasteiger partial charge is 0.226 e. The van der Waals surface area contributed by atoms with Gasteiger partial charge in [-0.15, -0.1) is 0 Å². The molecular weight excluding hydrogens is 212 g/mol. The predicted octanol–water partition coefficient (Wildman–Crippen LogP) is 2.02. The Morgan fingerprint density at radius 1 is 1.35 bits per heavy atom. The molecule has 1 aliphatic heterocycles. The van der Waals surface area contributed by atoms with Crippen LogP contribution in [0.25, 0.3) is 0 Å². The van der Waals surface area contributed by atoms with E-state index in [0.717, 1.165) is 19.5 Å². The Morgan fingerprint density at radius 3 is 2.65 bits per heavy atom. The summed E-state index contributed by atoms with van der Waals surface area (Å²) in [5, 5.41) is 3.46. The lowest BCUT2D eigenvalue weighted by Crippen LogP contribution is -2.43. The molecule has 2 rings (SSSR count). The molecule has 0 spiro atoms. The summed E-state index contributed by atoms with van der Waals surface area (Å²) in [6.45, 7) is 6.47. The normalized spacial score (nSPS) is 31.7. The van der Waals surface area contributed by atoms with Gasteiger partial charge < -0.3 is 10.2 Å². The van der Waals surface area contributed by atoms with Crippen molar-refractivity contribution in [3.63, 3.8) is 0 Å². The van der Waals surface area contributed by atoms with Crippen molar-refractivity contribution in [3.8, 4) is 0 Å². The lowest BCUT2D eigenvalue weighted by Gasteiger charge is -2.31. The summed E-state index contributed by atoms with van der Waals surface area (Å²) in [5.41, 5.74) is 0.203. The van der Waals surface area contributed by atoms with Crippen molar-refractivity contribution in [3.05, 3.63) is 0 Å². The number of nitrogens with one attached hydrogen (secondary N) is 1. The molecule has 2 aliphatic rings. The topological polar surface area (TPSA) is 32.3 Å². The van der Waals surface area contributed by atoms with E-state index in [1.54, 1.807) is 0 Å². The minimum Gasteiger partial charge on any atom is -0.344 e. The molecule has 17 heavy (non-hydrogen) atoms. The Hall–Kier alpha value is -0.570. The number of nitrogens with zero attached hydrogens (tertiary/aromatic N) is 1. The fraction of sp³-hybridized carbons (Fsp3) is 0.929. The Balaban J connectivity index is 1.90. The van der Waals surface area contributed by atoms with Crippen LogP contribution in [0.1, 0.15) is 46.0 Å². The third kappa shape index (κ3) is 2.82. The molecule has 1 N–H and O–H groups in total. The highest BCUT2D eigenvalue weighted by Crippen LogP contribution is 2.43. The molecular formula is C14H26N2O. The van der Waals surface area contributed by atoms with E-state index in [-0.39, 0.29) is 11.3 Å². The minimum absolute atomic E-state index is 0.203. The molecule has 98 valence electrons. The largest absolute Gasteiger partial charge is 0.344 e. The fourth-order valence-electron chi connectivity index (χ4n) is 3.38. The molecule has 1 amide bonds. The molecule has 3 nitrogen and oxygen atoms in total. The molecule has 1 heterocycles. The number of amides is 1. The van der Waals surface area contributed by atoms with Crippen LogP contribution >= 0.6 is 0 Å². The van der Waals surface area contributed by atoms with Gasteiger partial charge in [-0.1, -0.05) is 20.3 Å². The van der Waals surface area contributed by atoms with E-state index in [4.69, 9.17) is 0 Å². The number of hydrogen-bond donors (Lipinski definition) is 1. The molecule has 0 aromatic rings. The zero-order valence-electron chi connectivity index (χ0n) is 11.5. The third-order valence-corrected chi connectivity index (χ3v) is 4.59. The van der Waals surface area contributed by atoms with E-state index in [1.807, 2.05) is 11.9 Å². The summed E-state index contributed by atoms with van der Waals surface area (Å²) in [4.78, 5) is 14.4. The Kier molecular flexibility index (Phi) is 3.76. The van der Waals surface area contributed by atoms with Gasteiger partial charge in [0.1, 0.15) is 0 Å². The summed E-state index contributed by atoms with van der Waals surface area (Å²) in [7, 11) is 1.97. The van der Waals surface area contributed by atoms with Crippen LogP contribution in [0.15, 0.2) is 0 Å². The SMILES string of the molecule is CN(CC1CCCN1)C(=O)C1CCCC1(C)C. The second-order valence-corrected chi connectivity index (χ2v) is 6.45. The maximum atomic E-state index is 12.4. The quantitative estimate of drug-likeness (QED) is 0.816. The standard InChI is InChI=1S/C14H26N2O/c1-14(2)8-4-7-12(14)13(17)16(3)10-11-6-5-9-15-11/h11-12,15H,4-10H2,1-3H3. The van der Waals surface area contributed by atoms with Gasteiger partial charge in [-0.2, -0.15) is 0 Å². The molecule has 0 aromatic carbocycles. The first-order valence-electron chi connectivity index (χ1n) is 6.99. The molecule has 2 atom stereocenters. The van der Waals surface area contributed by atoms with Gasteiger partial charge in [0.25, 0.3) is 0 Å². The van der Waals surface area contributed by atoms with Gasteiger partial charge in [0, 0.05) is 25.6 Å². The van der Waals surface area contributed by atoms with Crippen molar-refractivity contribution in [1.82, 2.24) is 10.2 Å². The molecule has 1 saturated carbocycles. The second kappa shape index (κ2) is 4.97. The summed E-state index contributed by atoms with van der Waals surface area (Å²) >= 11 is 0. The van der Waals surface area contributed by atoms with Crippen molar-refractivity contribution < 1.29 is 4.79 Å². The zero-order valence-corrected chi connectivity index (χ0v) is 11.5. The average molecular weight is 238 g/mol. The molecule has 2 fully saturated rings. The van der Waals surface area contributed by atoms with Gasteiger partial charge in [0.05, 0.1) is 0 Å². The Morgan fingerprint density at radius 2 is 2.12 bits per heavy atom. The zero-order chi connectivity index (χ0) is 12.5. The number of carbonyl (C=O) groups is 1. The predicted molar refractivity (Wildman–Crippen MR) is 69.8 cm³/mol. The number of hydrogen-bond acceptors (Lipinski definition) is 2. The van der Waals surface area contributed by atoms with Crippen LogP contribution in [0.5, 0.6) is 0 Å². The van der Waals surface area contributed by atoms with E-state index < -0.39 is 0 Å². The Bertz CT molecular complexity index is 282. The summed E-state index contributed by atoms with van der Waals surface area (Å²) in [6.07, 6.45) is 5.94. The summed E-state index contributed by atoms with van der Waals surface area (Å²) < 4.78 is 0. The van der Waals surface area contributed by atoms with E-state index in [1.165, 1.54) is 25.7 Å². The average Bonchev–Trinajstić information content (AvgIpc) is 2.86. The molecule has 3 heteroatoms. The van der Waals surface area contributed by atoms with Gasteiger partial charge in [-0.25, -0.2) is 0 Å². The van der Waals surface area contributed by atoms with Crippen LogP contribution in [0.3, 0.4) is 0 Å². The van der Waals surface area contributed by atoms with Crippen LogP contribution in [-0.2, 0) is 4.79 Å². The van der Waals surface area contributed by atoms with Gasteiger partial charge in [-0.05, 0) is 37.6 Å². The van der Waals surface area contributed by atoms with Gasteiger partial charge in [0.15, 0.2) is 0 Å². The summed E-state index contributed by atoms with van der Waals surface area (Å²) in [6, 6.07) is 0.522. The van der Waals surface area contributed by atoms with Crippen LogP contribution in [0.2, 0.25) is 0 Å². The van der Waals surface area contributed by atoms with Crippen molar-refractivity contribution >= 4 is 5.91 Å². The second-order valence-electron chi connectivity index (χ2n) is 6.45. The van der Waals surface area contributed by atoms with Crippen LogP contribution in [0, 0.1) is 11.3 Å². The van der Waals surface area contributed by atoms with E-state index in [2.05, 4.69) is 19.2 Å². The van der Waals surface area contributed by atoms with Crippen molar-refractivity contribution in [1.29, 1.82) is 0 Å². The van der Waals surface area contributed by atoms with Crippen LogP contribution < -0.4 is 5.32 Å². The van der Waals surface area contributed by atoms with Crippen molar-refractivity contribution in [2.75, 3.05) is 20.1 Å². The van der Waals surface area contributed by atoms with Crippen molar-refractivity contribution in [2.45, 2.75) is 52.0 Å². The van der Waals surface area contributed by atoms with Crippen LogP contribution in [-0.4, -0.2) is 37.0 Å². The monoisotopic (exact) mass is 238 g/mol. The highest BCUT2D eigenvalue weighted by Gasteiger charge is 2.40. The first-order valence-corrected chi connectivity index (χ1v) is 6.99. The molecule has 1 saturated heterocycles. The lowest BCUT2D eigenvalue weighted by atomic mass is 9.81. The summed E-state index contributed by atoms with van der Waals surface area (Å²) in [5.74, 6) is 0.607. The van der Waals surface area contributed by atoms with Crippen LogP contribution in [0.4, 0.5) is 0 Å². The minimum atomic E-state index is 0.203. The molecule has 1 aliphatic carbocycles. The first-order chi connectivity index (χ1) is 8.00. The molecule has 0 aromatic heterocycles. The molecule has 0 radical (unpaired) electrons. The molecule has 2 unspecified atom stereocenters. The first kappa shape index (κ1) is 12.9. The van der Waals surface area contributed by atoms with E-state index in [0.29, 0.717) is 11.9 Å². The number of carbonyl (C=O) groups excluding carboxylic acids is 1. The number of likely N-dealkylation sites (N-methyl/N-ethyl adjacent to an activating group) is 1. The Labute approximate surface area is 105 Å². The van der Waals surface area contributed by atoms with Crippen molar-refractivity contribution in [2.24, 2.45) is 11.3 Å². The fourth-order valence-corrected chi connectivity index (χ4v) is 3.38. The number of rotatable bonds is 3. The molecule has 0 bridgehead atoms. The van der Waals surface area contributed by atoms with Gasteiger partial charge >= 0.3 is 0 Å². The maximum absolute atomic E-state index is 12.4. The highest BCUT2D eigenvalue weighted by atomic mass is 16.2. The van der Waals surface area contributed by atoms with E-state index in [9.17, 15) is 4.79 Å². The van der Waals surface area contributed by atoms with E-state index >= 15 is 0 Å². The highest BCUT2D eigenvalue weighted by molar-refractivity contribution is 5.79. The van der Waals surface area contributed by atoms with Gasteiger partial charge in [-0.3, -0.25) is 4.79 Å². The maximum Gasteiger partial charge on any atom is 0.226 e. The third-order valence-electron chi connectivity index (χ3n) is 4.59. The van der Waals surface area contributed by atoms with Gasteiger partial charge in [0.2, 0.25) is 5.91 Å². The lowest BCUT2D eigenvalue weighted by molar-refractivity contribution is -0.137.